The number of likely N-dealkylation sites (N-methyl/N-ethyl adjacent to an activating group) is 1. The molecule has 1 saturated carbocycles. The molecular formula is C20H23FN2O3. The van der Waals surface area contributed by atoms with E-state index in [1.165, 1.54) is 17.0 Å². The Bertz CT molecular complexity index is 783. The number of hydrogen-bond donors (Lipinski definition) is 1. The number of ether oxygens (including phenoxy) is 1. The maximum absolute atomic E-state index is 13.3. The Kier molecular flexibility index (Phi) is 5.52. The summed E-state index contributed by atoms with van der Waals surface area (Å²) in [7, 11) is 1.67. The fraction of sp³-hybridized carbons (Fsp3) is 0.400. The van der Waals surface area contributed by atoms with E-state index in [0.717, 1.165) is 12.1 Å². The number of hydrogen-bond acceptors (Lipinski definition) is 4. The Balaban J connectivity index is 1.72. The predicted octanol–water partition coefficient (Wildman–Crippen LogP) is 2.96. The van der Waals surface area contributed by atoms with E-state index in [0.29, 0.717) is 24.3 Å². The van der Waals surface area contributed by atoms with E-state index in [4.69, 9.17) is 4.74 Å². The molecule has 1 fully saturated rings. The number of carbonyl (C=O) groups is 1. The second-order valence-corrected chi connectivity index (χ2v) is 6.68. The molecule has 5 nitrogen and oxygen atoms in total. The van der Waals surface area contributed by atoms with Crippen LogP contribution in [0.4, 0.5) is 4.39 Å². The minimum absolute atomic E-state index is 0.232. The number of pyridine rings is 1. The molecule has 3 rings (SSSR count). The van der Waals surface area contributed by atoms with Crippen molar-refractivity contribution in [1.82, 2.24) is 9.88 Å². The van der Waals surface area contributed by atoms with E-state index in [9.17, 15) is 14.3 Å². The third-order valence-electron chi connectivity index (χ3n) is 4.77. The first-order chi connectivity index (χ1) is 12.5. The number of carbonyl (C=O) groups excluding carboxylic acids is 1. The maximum Gasteiger partial charge on any atom is 0.272 e. The quantitative estimate of drug-likeness (QED) is 0.913. The Labute approximate surface area is 152 Å². The fourth-order valence-corrected chi connectivity index (χ4v) is 3.38. The van der Waals surface area contributed by atoms with Gasteiger partial charge in [0, 0.05) is 18.8 Å². The molecule has 3 atom stereocenters. The lowest BCUT2D eigenvalue weighted by Gasteiger charge is -2.39. The number of aromatic nitrogens is 1. The van der Waals surface area contributed by atoms with Crippen LogP contribution in [-0.2, 0) is 0 Å². The largest absolute Gasteiger partial charge is 0.488 e. The van der Waals surface area contributed by atoms with Crippen molar-refractivity contribution in [3.8, 4) is 5.75 Å². The van der Waals surface area contributed by atoms with Crippen molar-refractivity contribution in [2.24, 2.45) is 0 Å². The zero-order valence-corrected chi connectivity index (χ0v) is 14.9. The van der Waals surface area contributed by atoms with Crippen LogP contribution in [-0.4, -0.2) is 46.2 Å². The molecule has 0 bridgehead atoms. The average Bonchev–Trinajstić information content (AvgIpc) is 2.62. The molecule has 1 heterocycles. The average molecular weight is 358 g/mol. The van der Waals surface area contributed by atoms with Crippen LogP contribution in [0.1, 0.15) is 35.4 Å². The van der Waals surface area contributed by atoms with Crippen molar-refractivity contribution in [3.05, 3.63) is 59.7 Å². The zero-order valence-electron chi connectivity index (χ0n) is 14.9. The highest BCUT2D eigenvalue weighted by molar-refractivity contribution is 5.92. The summed E-state index contributed by atoms with van der Waals surface area (Å²) in [6.07, 6.45) is 0.791. The van der Waals surface area contributed by atoms with E-state index in [1.807, 2.05) is 13.0 Å². The molecule has 0 unspecified atom stereocenters. The highest BCUT2D eigenvalue weighted by Gasteiger charge is 2.37. The van der Waals surface area contributed by atoms with Gasteiger partial charge in [0.15, 0.2) is 0 Å². The summed E-state index contributed by atoms with van der Waals surface area (Å²) in [6.45, 7) is 1.83. The molecule has 2 aromatic rings. The lowest BCUT2D eigenvalue weighted by Crippen LogP contribution is -2.53. The number of rotatable bonds is 4. The zero-order chi connectivity index (χ0) is 18.7. The van der Waals surface area contributed by atoms with Crippen molar-refractivity contribution in [2.45, 2.75) is 44.4 Å². The summed E-state index contributed by atoms with van der Waals surface area (Å²) >= 11 is 0. The molecular weight excluding hydrogens is 335 g/mol. The van der Waals surface area contributed by atoms with Gasteiger partial charge in [0.2, 0.25) is 0 Å². The Morgan fingerprint density at radius 1 is 1.27 bits per heavy atom. The van der Waals surface area contributed by atoms with E-state index in [2.05, 4.69) is 4.98 Å². The van der Waals surface area contributed by atoms with Gasteiger partial charge in [-0.1, -0.05) is 12.1 Å². The maximum atomic E-state index is 13.3. The smallest absolute Gasteiger partial charge is 0.272 e. The highest BCUT2D eigenvalue weighted by Crippen LogP contribution is 2.28. The van der Waals surface area contributed by atoms with Gasteiger partial charge in [0.1, 0.15) is 29.5 Å². The monoisotopic (exact) mass is 358 g/mol. The van der Waals surface area contributed by atoms with Gasteiger partial charge >= 0.3 is 0 Å². The summed E-state index contributed by atoms with van der Waals surface area (Å²) in [5.74, 6) is -0.240. The molecule has 0 radical (unpaired) electrons. The normalized spacial score (nSPS) is 22.7. The van der Waals surface area contributed by atoms with Gasteiger partial charge in [-0.05, 0) is 50.5 Å². The standard InChI is InChI=1S/C20H23FN2O3/c1-13-6-3-9-16(22-13)20(25)23(2)17-10-5-11-18(19(17)24)26-15-8-4-7-14(21)12-15/h3-4,6-9,12,17-19,24H,5,10-11H2,1-2H3/t17-,18+,19+/m1/s1. The number of halogens is 1. The van der Waals surface area contributed by atoms with Gasteiger partial charge in [-0.15, -0.1) is 0 Å². The minimum Gasteiger partial charge on any atom is -0.488 e. The van der Waals surface area contributed by atoms with E-state index < -0.39 is 12.2 Å². The van der Waals surface area contributed by atoms with Crippen molar-refractivity contribution in [2.75, 3.05) is 7.05 Å². The molecule has 1 aliphatic carbocycles. The van der Waals surface area contributed by atoms with Crippen molar-refractivity contribution < 1.29 is 19.0 Å². The van der Waals surface area contributed by atoms with Gasteiger partial charge in [0.05, 0.1) is 6.04 Å². The molecule has 0 aliphatic heterocycles. The van der Waals surface area contributed by atoms with Crippen LogP contribution < -0.4 is 4.74 Å². The Morgan fingerprint density at radius 3 is 2.77 bits per heavy atom. The third kappa shape index (κ3) is 4.02. The van der Waals surface area contributed by atoms with Crippen LogP contribution in [0, 0.1) is 12.7 Å². The Morgan fingerprint density at radius 2 is 2.04 bits per heavy atom. The van der Waals surface area contributed by atoms with Crippen molar-refractivity contribution in [3.63, 3.8) is 0 Å². The van der Waals surface area contributed by atoms with Crippen molar-refractivity contribution >= 4 is 5.91 Å². The molecule has 26 heavy (non-hydrogen) atoms. The molecule has 1 amide bonds. The first kappa shape index (κ1) is 18.3. The number of aliphatic hydroxyl groups is 1. The molecule has 1 aromatic heterocycles. The van der Waals surface area contributed by atoms with E-state index in [-0.39, 0.29) is 17.8 Å². The van der Waals surface area contributed by atoms with Gasteiger partial charge < -0.3 is 14.7 Å². The van der Waals surface area contributed by atoms with E-state index in [1.54, 1.807) is 31.3 Å². The minimum atomic E-state index is -0.856. The molecule has 138 valence electrons. The predicted molar refractivity (Wildman–Crippen MR) is 95.5 cm³/mol. The lowest BCUT2D eigenvalue weighted by atomic mass is 9.88. The Hall–Kier alpha value is -2.47. The highest BCUT2D eigenvalue weighted by atomic mass is 19.1. The number of amides is 1. The topological polar surface area (TPSA) is 62.7 Å². The first-order valence-electron chi connectivity index (χ1n) is 8.77. The molecule has 1 aromatic carbocycles. The van der Waals surface area contributed by atoms with Crippen LogP contribution in [0.25, 0.3) is 0 Å². The van der Waals surface area contributed by atoms with Crippen molar-refractivity contribution in [1.29, 1.82) is 0 Å². The van der Waals surface area contributed by atoms with Crippen LogP contribution in [0.15, 0.2) is 42.5 Å². The van der Waals surface area contributed by atoms with Crippen LogP contribution >= 0.6 is 0 Å². The van der Waals surface area contributed by atoms with Crippen LogP contribution in [0.5, 0.6) is 5.75 Å². The molecule has 1 aliphatic rings. The summed E-state index contributed by atoms with van der Waals surface area (Å²) in [5.41, 5.74) is 1.12. The second-order valence-electron chi connectivity index (χ2n) is 6.68. The number of benzene rings is 1. The SMILES string of the molecule is Cc1cccc(C(=O)N(C)[C@@H]2CCC[C@H](Oc3cccc(F)c3)[C@H]2O)n1. The summed E-state index contributed by atoms with van der Waals surface area (Å²) < 4.78 is 19.1. The molecule has 6 heteroatoms. The number of aryl methyl sites for hydroxylation is 1. The summed E-state index contributed by atoms with van der Waals surface area (Å²) in [6, 6.07) is 10.8. The fourth-order valence-electron chi connectivity index (χ4n) is 3.38. The first-order valence-corrected chi connectivity index (χ1v) is 8.77. The van der Waals surface area contributed by atoms with Gasteiger partial charge in [-0.25, -0.2) is 9.37 Å². The number of nitrogens with zero attached hydrogens (tertiary/aromatic N) is 2. The van der Waals surface area contributed by atoms with E-state index >= 15 is 0 Å². The van der Waals surface area contributed by atoms with Crippen LogP contribution in [0.3, 0.4) is 0 Å². The lowest BCUT2D eigenvalue weighted by molar-refractivity contribution is -0.0414. The molecule has 0 saturated heterocycles. The summed E-state index contributed by atoms with van der Waals surface area (Å²) in [5, 5.41) is 10.7. The second kappa shape index (κ2) is 7.83. The third-order valence-corrected chi connectivity index (χ3v) is 4.77. The summed E-state index contributed by atoms with van der Waals surface area (Å²) in [4.78, 5) is 18.5. The molecule has 0 spiro atoms. The van der Waals surface area contributed by atoms with Gasteiger partial charge in [0.25, 0.3) is 5.91 Å². The van der Waals surface area contributed by atoms with Gasteiger partial charge in [-0.2, -0.15) is 0 Å². The number of aliphatic hydroxyl groups excluding tert-OH is 1. The van der Waals surface area contributed by atoms with Gasteiger partial charge in [-0.3, -0.25) is 4.79 Å². The van der Waals surface area contributed by atoms with Crippen LogP contribution in [0.2, 0.25) is 0 Å². The molecule has 1 N–H and O–H groups in total.